The zero-order valence-corrected chi connectivity index (χ0v) is 15.1. The highest BCUT2D eigenvalue weighted by Gasteiger charge is 2.57. The number of ether oxygens (including phenoxy) is 2. The van der Waals surface area contributed by atoms with E-state index in [1.807, 2.05) is 18.2 Å². The molecule has 0 bridgehead atoms. The Morgan fingerprint density at radius 1 is 1.31 bits per heavy atom. The van der Waals surface area contributed by atoms with Crippen LogP contribution >= 0.6 is 0 Å². The van der Waals surface area contributed by atoms with E-state index in [1.54, 1.807) is 19.1 Å². The number of amides is 2. The minimum atomic E-state index is -1.44. The smallest absolute Gasteiger partial charge is 0.408 e. The van der Waals surface area contributed by atoms with E-state index in [4.69, 9.17) is 9.47 Å². The number of benzene rings is 1. The number of esters is 1. The number of nitrogens with zero attached hydrogens (tertiary/aromatic N) is 1. The van der Waals surface area contributed by atoms with Crippen molar-refractivity contribution in [2.24, 2.45) is 0 Å². The van der Waals surface area contributed by atoms with Gasteiger partial charge in [-0.2, -0.15) is 0 Å². The molecule has 0 radical (unpaired) electrons. The van der Waals surface area contributed by atoms with E-state index in [-0.39, 0.29) is 18.1 Å². The Morgan fingerprint density at radius 2 is 2.00 bits per heavy atom. The van der Waals surface area contributed by atoms with Gasteiger partial charge in [0.15, 0.2) is 0 Å². The Balaban J connectivity index is 1.66. The fraction of sp³-hybridized carbons (Fsp3) is 0.353. The molecule has 2 amide bonds. The van der Waals surface area contributed by atoms with E-state index in [0.29, 0.717) is 5.57 Å². The Morgan fingerprint density at radius 3 is 2.65 bits per heavy atom. The van der Waals surface area contributed by atoms with Gasteiger partial charge in [-0.3, -0.25) is 13.9 Å². The molecule has 26 heavy (non-hydrogen) atoms. The van der Waals surface area contributed by atoms with E-state index in [2.05, 4.69) is 5.32 Å². The molecule has 0 spiro atoms. The van der Waals surface area contributed by atoms with Crippen molar-refractivity contribution < 1.29 is 28.1 Å². The summed E-state index contributed by atoms with van der Waals surface area (Å²) >= 11 is 0. The molecular weight excluding hydrogens is 360 g/mol. The zero-order valence-electron chi connectivity index (χ0n) is 14.3. The highest BCUT2D eigenvalue weighted by molar-refractivity contribution is 7.86. The molecule has 0 aromatic heterocycles. The van der Waals surface area contributed by atoms with Crippen molar-refractivity contribution in [3.63, 3.8) is 0 Å². The Bertz CT molecular complexity index is 807. The summed E-state index contributed by atoms with van der Waals surface area (Å²) in [6, 6.07) is 8.09. The number of fused-ring (bicyclic) bond motifs is 1. The lowest BCUT2D eigenvalue weighted by Crippen LogP contribution is -2.73. The molecule has 3 atom stereocenters. The van der Waals surface area contributed by atoms with Crippen molar-refractivity contribution in [1.29, 1.82) is 0 Å². The van der Waals surface area contributed by atoms with E-state index in [9.17, 15) is 18.6 Å². The van der Waals surface area contributed by atoms with Gasteiger partial charge in [-0.25, -0.2) is 9.59 Å². The van der Waals surface area contributed by atoms with Crippen molar-refractivity contribution in [1.82, 2.24) is 10.2 Å². The SMILES string of the molecule is COC(=O)C1=C(C)CS(=O)[C@@H]2[C@H](NC(=O)OCc3ccccc3)C(=O)N12. The molecule has 1 saturated heterocycles. The first-order valence-corrected chi connectivity index (χ1v) is 9.27. The molecule has 2 aliphatic heterocycles. The summed E-state index contributed by atoms with van der Waals surface area (Å²) in [5, 5.41) is 1.64. The van der Waals surface area contributed by atoms with Gasteiger partial charge in [-0.1, -0.05) is 30.3 Å². The largest absolute Gasteiger partial charge is 0.464 e. The van der Waals surface area contributed by atoms with Crippen LogP contribution in [0.25, 0.3) is 0 Å². The predicted molar refractivity (Wildman–Crippen MR) is 91.9 cm³/mol. The van der Waals surface area contributed by atoms with Gasteiger partial charge < -0.3 is 14.8 Å². The Kier molecular flexibility index (Phi) is 5.08. The maximum Gasteiger partial charge on any atom is 0.408 e. The minimum Gasteiger partial charge on any atom is -0.464 e. The van der Waals surface area contributed by atoms with E-state index in [0.717, 1.165) is 10.5 Å². The van der Waals surface area contributed by atoms with Gasteiger partial charge in [-0.05, 0) is 18.1 Å². The highest BCUT2D eigenvalue weighted by atomic mass is 32.2. The summed E-state index contributed by atoms with van der Waals surface area (Å²) in [5.41, 5.74) is 1.42. The zero-order chi connectivity index (χ0) is 18.8. The lowest BCUT2D eigenvalue weighted by atomic mass is 10.0. The highest BCUT2D eigenvalue weighted by Crippen LogP contribution is 2.35. The predicted octanol–water partition coefficient (Wildman–Crippen LogP) is 0.659. The number of hydrogen-bond acceptors (Lipinski definition) is 6. The number of nitrogens with one attached hydrogen (secondary N) is 1. The molecule has 1 unspecified atom stereocenters. The Labute approximate surface area is 152 Å². The molecule has 138 valence electrons. The molecule has 0 saturated carbocycles. The first-order valence-electron chi connectivity index (χ1n) is 7.89. The number of alkyl carbamates (subject to hydrolysis) is 1. The van der Waals surface area contributed by atoms with E-state index >= 15 is 0 Å². The summed E-state index contributed by atoms with van der Waals surface area (Å²) in [4.78, 5) is 37.4. The monoisotopic (exact) mass is 378 g/mol. The van der Waals surface area contributed by atoms with E-state index in [1.165, 1.54) is 7.11 Å². The molecule has 1 fully saturated rings. The fourth-order valence-corrected chi connectivity index (χ4v) is 4.60. The molecule has 2 heterocycles. The third-order valence-corrected chi connectivity index (χ3v) is 5.92. The van der Waals surface area contributed by atoms with Crippen molar-refractivity contribution >= 4 is 28.8 Å². The van der Waals surface area contributed by atoms with Crippen LogP contribution in [-0.2, 0) is 36.5 Å². The van der Waals surface area contributed by atoms with Crippen LogP contribution in [0, 0.1) is 0 Å². The summed E-state index contributed by atoms with van der Waals surface area (Å²) in [6.07, 6.45) is -0.783. The van der Waals surface area contributed by atoms with Gasteiger partial charge in [-0.15, -0.1) is 0 Å². The summed E-state index contributed by atoms with van der Waals surface area (Å²) in [6.45, 7) is 1.68. The van der Waals surface area contributed by atoms with Gasteiger partial charge in [0.1, 0.15) is 23.7 Å². The van der Waals surface area contributed by atoms with Crippen LogP contribution in [0.1, 0.15) is 12.5 Å². The number of carbonyl (C=O) groups excluding carboxylic acids is 3. The lowest BCUT2D eigenvalue weighted by molar-refractivity contribution is -0.150. The van der Waals surface area contributed by atoms with Crippen LogP contribution in [0.2, 0.25) is 0 Å². The number of methoxy groups -OCH3 is 1. The van der Waals surface area contributed by atoms with Gasteiger partial charge >= 0.3 is 12.1 Å². The fourth-order valence-electron chi connectivity index (χ4n) is 2.94. The van der Waals surface area contributed by atoms with Crippen molar-refractivity contribution in [3.05, 3.63) is 47.2 Å². The van der Waals surface area contributed by atoms with Crippen LogP contribution in [-0.4, -0.2) is 51.4 Å². The second-order valence-electron chi connectivity index (χ2n) is 5.93. The van der Waals surface area contributed by atoms with Crippen LogP contribution in [0.4, 0.5) is 4.79 Å². The molecule has 1 N–H and O–H groups in total. The van der Waals surface area contributed by atoms with E-state index < -0.39 is 40.2 Å². The van der Waals surface area contributed by atoms with Crippen LogP contribution in [0.3, 0.4) is 0 Å². The lowest BCUT2D eigenvalue weighted by Gasteiger charge is -2.48. The molecule has 9 heteroatoms. The van der Waals surface area contributed by atoms with Crippen molar-refractivity contribution in [2.45, 2.75) is 24.9 Å². The quantitative estimate of drug-likeness (QED) is 0.610. The topological polar surface area (TPSA) is 102 Å². The molecule has 2 aliphatic rings. The average Bonchev–Trinajstić information content (AvgIpc) is 2.64. The molecular formula is C17H18N2O6S. The first-order chi connectivity index (χ1) is 12.4. The standard InChI is InChI=1S/C17H18N2O6S/c1-10-9-26(23)15-12(14(20)19(15)13(10)16(21)24-2)18-17(22)25-8-11-6-4-3-5-7-11/h3-7,12,15H,8-9H2,1-2H3,(H,18,22)/t12-,15-,26?/m1/s1. The van der Waals surface area contributed by atoms with Crippen molar-refractivity contribution in [2.75, 3.05) is 12.9 Å². The summed E-state index contributed by atoms with van der Waals surface area (Å²) < 4.78 is 22.2. The van der Waals surface area contributed by atoms with Gasteiger partial charge in [0.2, 0.25) is 0 Å². The minimum absolute atomic E-state index is 0.0531. The molecule has 3 rings (SSSR count). The molecule has 0 aliphatic carbocycles. The average molecular weight is 378 g/mol. The Hall–Kier alpha value is -2.68. The van der Waals surface area contributed by atoms with Crippen LogP contribution in [0.15, 0.2) is 41.6 Å². The van der Waals surface area contributed by atoms with Crippen LogP contribution < -0.4 is 5.32 Å². The number of carbonyl (C=O) groups is 3. The van der Waals surface area contributed by atoms with Gasteiger partial charge in [0.05, 0.1) is 17.9 Å². The van der Waals surface area contributed by atoms with Gasteiger partial charge in [0.25, 0.3) is 5.91 Å². The number of hydrogen-bond donors (Lipinski definition) is 1. The van der Waals surface area contributed by atoms with Gasteiger partial charge in [0, 0.05) is 5.75 Å². The molecule has 8 nitrogen and oxygen atoms in total. The second kappa shape index (κ2) is 7.28. The third kappa shape index (κ3) is 3.22. The normalized spacial score (nSPS) is 24.5. The second-order valence-corrected chi connectivity index (χ2v) is 7.46. The summed E-state index contributed by atoms with van der Waals surface area (Å²) in [5.74, 6) is -1.04. The molecule has 1 aromatic rings. The van der Waals surface area contributed by atoms with Crippen molar-refractivity contribution in [3.8, 4) is 0 Å². The van der Waals surface area contributed by atoms with Crippen LogP contribution in [0.5, 0.6) is 0 Å². The maximum atomic E-state index is 12.4. The maximum absolute atomic E-state index is 12.4. The number of rotatable bonds is 4. The first kappa shape index (κ1) is 18.1. The third-order valence-electron chi connectivity index (χ3n) is 4.18. The molecule has 1 aromatic carbocycles. The summed E-state index contributed by atoms with van der Waals surface area (Å²) in [7, 11) is -0.223. The number of β-lactam (4-membered cyclic amide) rings is 1.